The monoisotopic (exact) mass is 381 g/mol. The first-order valence-electron chi connectivity index (χ1n) is 11.5. The average Bonchev–Trinajstić information content (AvgIpc) is 2.76. The summed E-state index contributed by atoms with van der Waals surface area (Å²) in [6, 6.07) is 10.5. The Morgan fingerprint density at radius 3 is 1.89 bits per heavy atom. The van der Waals surface area contributed by atoms with Gasteiger partial charge in [-0.1, -0.05) is 63.2 Å². The van der Waals surface area contributed by atoms with Crippen molar-refractivity contribution in [3.63, 3.8) is 0 Å². The van der Waals surface area contributed by atoms with Gasteiger partial charge in [-0.05, 0) is 79.9 Å². The van der Waals surface area contributed by atoms with Gasteiger partial charge in [-0.15, -0.1) is 0 Å². The molecule has 0 atom stereocenters. The topological polar surface area (TPSA) is 23.8 Å². The van der Waals surface area contributed by atoms with Crippen LogP contribution in [0.3, 0.4) is 0 Å². The number of hydrogen-bond acceptors (Lipinski definition) is 1. The zero-order valence-corrected chi connectivity index (χ0v) is 17.3. The van der Waals surface area contributed by atoms with Crippen molar-refractivity contribution in [2.45, 2.75) is 89.4 Å². The van der Waals surface area contributed by atoms with Gasteiger partial charge >= 0.3 is 0 Å². The summed E-state index contributed by atoms with van der Waals surface area (Å²) >= 11 is 0. The van der Waals surface area contributed by atoms with E-state index in [1.807, 2.05) is 12.1 Å². The number of allylic oxidation sites excluding steroid dienone is 1. The summed E-state index contributed by atoms with van der Waals surface area (Å²) in [4.78, 5) is 0. The third-order valence-corrected chi connectivity index (χ3v) is 7.38. The molecule has 0 spiro atoms. The molecule has 0 bridgehead atoms. The molecule has 1 nitrogen and oxygen atoms in total. The summed E-state index contributed by atoms with van der Waals surface area (Å²) < 4.78 is 12.0. The van der Waals surface area contributed by atoms with E-state index in [2.05, 4.69) is 18.2 Å². The molecule has 0 N–H and O–H groups in total. The molecular weight excluding hydrogens is 345 g/mol. The van der Waals surface area contributed by atoms with Gasteiger partial charge in [0.2, 0.25) is 0 Å². The van der Waals surface area contributed by atoms with E-state index in [-0.39, 0.29) is 0 Å². The maximum absolute atomic E-state index is 12.0. The molecule has 1 aromatic carbocycles. The molecule has 0 saturated heterocycles. The number of benzene rings is 1. The van der Waals surface area contributed by atoms with Crippen molar-refractivity contribution in [3.8, 4) is 6.07 Å². The Morgan fingerprint density at radius 1 is 0.821 bits per heavy atom. The standard InChI is InChI=1S/C26H36FN/c27-19-3-1-2-4-21-5-7-22(8-6-21)9-10-23-11-15-25(16-12-23)26-17-13-24(20-28)14-18-26/h3,13-14,17-19,21-23,25H,1-2,4-12,15-16H2/b19-3+. The minimum Gasteiger partial charge on any atom is -0.216 e. The van der Waals surface area contributed by atoms with Gasteiger partial charge in [-0.25, -0.2) is 4.39 Å². The van der Waals surface area contributed by atoms with E-state index in [1.165, 1.54) is 76.2 Å². The SMILES string of the molecule is N#Cc1ccc(C2CCC(CCC3CCC(CCC/C=C/F)CC3)CC2)cc1. The van der Waals surface area contributed by atoms with Gasteiger partial charge in [-0.3, -0.25) is 0 Å². The molecule has 2 aliphatic rings. The molecule has 2 aliphatic carbocycles. The Kier molecular flexibility index (Phi) is 8.59. The normalized spacial score (nSPS) is 28.3. The average molecular weight is 382 g/mol. The van der Waals surface area contributed by atoms with Crippen LogP contribution in [-0.2, 0) is 0 Å². The van der Waals surface area contributed by atoms with Crippen LogP contribution in [0.25, 0.3) is 0 Å². The summed E-state index contributed by atoms with van der Waals surface area (Å²) in [5.41, 5.74) is 2.20. The fraction of sp³-hybridized carbons (Fsp3) is 0.654. The van der Waals surface area contributed by atoms with Crippen LogP contribution in [0.1, 0.15) is 101 Å². The number of rotatable bonds is 8. The van der Waals surface area contributed by atoms with Gasteiger partial charge in [-0.2, -0.15) is 5.26 Å². The van der Waals surface area contributed by atoms with Crippen molar-refractivity contribution in [2.24, 2.45) is 17.8 Å². The summed E-state index contributed by atoms with van der Waals surface area (Å²) in [7, 11) is 0. The summed E-state index contributed by atoms with van der Waals surface area (Å²) in [6.07, 6.45) is 19.6. The van der Waals surface area contributed by atoms with Gasteiger partial charge < -0.3 is 0 Å². The lowest BCUT2D eigenvalue weighted by Crippen LogP contribution is -2.17. The quantitative estimate of drug-likeness (QED) is 0.418. The second-order valence-corrected chi connectivity index (χ2v) is 9.21. The minimum absolute atomic E-state index is 0.689. The van der Waals surface area contributed by atoms with E-state index in [4.69, 9.17) is 5.26 Å². The Bertz CT molecular complexity index is 625. The lowest BCUT2D eigenvalue weighted by Gasteiger charge is -2.32. The molecule has 2 saturated carbocycles. The molecular formula is C26H36FN. The van der Waals surface area contributed by atoms with E-state index >= 15 is 0 Å². The van der Waals surface area contributed by atoms with Crippen molar-refractivity contribution in [3.05, 3.63) is 47.8 Å². The van der Waals surface area contributed by atoms with E-state index in [0.717, 1.165) is 36.2 Å². The third kappa shape index (κ3) is 6.47. The van der Waals surface area contributed by atoms with Gasteiger partial charge in [0.15, 0.2) is 0 Å². The number of hydrogen-bond donors (Lipinski definition) is 0. The Hall–Kier alpha value is -1.62. The van der Waals surface area contributed by atoms with Crippen LogP contribution in [-0.4, -0.2) is 0 Å². The van der Waals surface area contributed by atoms with Crippen LogP contribution in [0.2, 0.25) is 0 Å². The zero-order chi connectivity index (χ0) is 19.6. The van der Waals surface area contributed by atoms with Crippen LogP contribution in [0.15, 0.2) is 36.7 Å². The van der Waals surface area contributed by atoms with Crippen molar-refractivity contribution in [1.82, 2.24) is 0 Å². The van der Waals surface area contributed by atoms with E-state index in [9.17, 15) is 4.39 Å². The smallest absolute Gasteiger partial charge is 0.0991 e. The highest BCUT2D eigenvalue weighted by Gasteiger charge is 2.25. The van der Waals surface area contributed by atoms with Crippen LogP contribution >= 0.6 is 0 Å². The number of nitrogens with zero attached hydrogens (tertiary/aromatic N) is 1. The van der Waals surface area contributed by atoms with Crippen LogP contribution < -0.4 is 0 Å². The predicted molar refractivity (Wildman–Crippen MR) is 115 cm³/mol. The van der Waals surface area contributed by atoms with Gasteiger partial charge in [0.05, 0.1) is 18.0 Å². The lowest BCUT2D eigenvalue weighted by atomic mass is 9.74. The second kappa shape index (κ2) is 11.4. The molecule has 1 aromatic rings. The van der Waals surface area contributed by atoms with Gasteiger partial charge in [0.1, 0.15) is 0 Å². The maximum Gasteiger partial charge on any atom is 0.0991 e. The first kappa shape index (κ1) is 21.1. The van der Waals surface area contributed by atoms with Crippen LogP contribution in [0, 0.1) is 29.1 Å². The van der Waals surface area contributed by atoms with Crippen LogP contribution in [0.4, 0.5) is 4.39 Å². The maximum atomic E-state index is 12.0. The van der Waals surface area contributed by atoms with Crippen molar-refractivity contribution in [2.75, 3.05) is 0 Å². The molecule has 0 aromatic heterocycles. The Balaban J connectivity index is 1.30. The fourth-order valence-electron chi connectivity index (χ4n) is 5.48. The van der Waals surface area contributed by atoms with Gasteiger partial charge in [0, 0.05) is 0 Å². The summed E-state index contributed by atoms with van der Waals surface area (Å²) in [5, 5.41) is 8.95. The Labute approximate surface area is 171 Å². The highest BCUT2D eigenvalue weighted by Crippen LogP contribution is 2.40. The second-order valence-electron chi connectivity index (χ2n) is 9.21. The molecule has 2 fully saturated rings. The molecule has 0 aliphatic heterocycles. The molecule has 2 heteroatoms. The number of unbranched alkanes of at least 4 members (excludes halogenated alkanes) is 1. The molecule has 0 radical (unpaired) electrons. The van der Waals surface area contributed by atoms with E-state index in [0.29, 0.717) is 12.2 Å². The van der Waals surface area contributed by atoms with E-state index < -0.39 is 0 Å². The third-order valence-electron chi connectivity index (χ3n) is 7.38. The number of halogens is 1. The zero-order valence-electron chi connectivity index (χ0n) is 17.3. The molecule has 28 heavy (non-hydrogen) atoms. The van der Waals surface area contributed by atoms with Crippen molar-refractivity contribution in [1.29, 1.82) is 5.26 Å². The molecule has 0 amide bonds. The van der Waals surface area contributed by atoms with Crippen molar-refractivity contribution >= 4 is 0 Å². The Morgan fingerprint density at radius 2 is 1.36 bits per heavy atom. The molecule has 0 heterocycles. The highest BCUT2D eigenvalue weighted by atomic mass is 19.1. The first-order chi connectivity index (χ1) is 13.8. The largest absolute Gasteiger partial charge is 0.216 e. The first-order valence-corrected chi connectivity index (χ1v) is 11.5. The minimum atomic E-state index is 0.689. The lowest BCUT2D eigenvalue weighted by molar-refractivity contribution is 0.223. The highest BCUT2D eigenvalue weighted by molar-refractivity contribution is 5.33. The molecule has 0 unspecified atom stereocenters. The summed E-state index contributed by atoms with van der Waals surface area (Å²) in [6.45, 7) is 0. The van der Waals surface area contributed by atoms with E-state index in [1.54, 1.807) is 6.08 Å². The fourth-order valence-corrected chi connectivity index (χ4v) is 5.48. The van der Waals surface area contributed by atoms with Gasteiger partial charge in [0.25, 0.3) is 0 Å². The summed E-state index contributed by atoms with van der Waals surface area (Å²) in [5.74, 6) is 3.48. The molecule has 3 rings (SSSR count). The number of nitriles is 1. The predicted octanol–water partition coefficient (Wildman–Crippen LogP) is 8.07. The van der Waals surface area contributed by atoms with Crippen molar-refractivity contribution < 1.29 is 4.39 Å². The molecule has 152 valence electrons. The van der Waals surface area contributed by atoms with Crippen LogP contribution in [0.5, 0.6) is 0 Å².